The minimum absolute atomic E-state index is 0.379. The molecule has 0 aliphatic heterocycles. The first-order valence-corrected chi connectivity index (χ1v) is 12.4. The van der Waals surface area contributed by atoms with Gasteiger partial charge in [-0.15, -0.1) is 11.3 Å². The molecule has 2 aromatic carbocycles. The highest BCUT2D eigenvalue weighted by Crippen LogP contribution is 2.41. The summed E-state index contributed by atoms with van der Waals surface area (Å²) in [6.45, 7) is 3.73. The summed E-state index contributed by atoms with van der Waals surface area (Å²) in [5, 5.41) is 15.9. The average Bonchev–Trinajstić information content (AvgIpc) is 3.28. The molecule has 0 atom stereocenters. The molecule has 0 spiro atoms. The molecule has 186 valence electrons. The molecule has 1 aliphatic rings. The third kappa shape index (κ3) is 6.61. The standard InChI is InChI=1S/C26H28F3N3O2S/c1-26(2,34)13-15-3-5-17(6-4-15)24-30-14-23(35-24)16-7-9-18(10-8-16)31-25(33)32-22-12-20(28)19(27)11-21(22)29/h7-12,14-15,17,34H,3-6,13H2,1-2H3,(H2,31,32,33). The van der Waals surface area contributed by atoms with Gasteiger partial charge in [-0.05, 0) is 69.6 Å². The summed E-state index contributed by atoms with van der Waals surface area (Å²) < 4.78 is 40.1. The van der Waals surface area contributed by atoms with Crippen LogP contribution in [-0.2, 0) is 0 Å². The van der Waals surface area contributed by atoms with Crippen molar-refractivity contribution in [2.45, 2.75) is 57.5 Å². The molecule has 0 radical (unpaired) electrons. The molecule has 3 aromatic rings. The van der Waals surface area contributed by atoms with E-state index in [1.807, 2.05) is 32.2 Å². The average molecular weight is 504 g/mol. The van der Waals surface area contributed by atoms with Gasteiger partial charge in [-0.25, -0.2) is 22.9 Å². The molecule has 35 heavy (non-hydrogen) atoms. The fourth-order valence-corrected chi connectivity index (χ4v) is 5.64. The zero-order valence-corrected chi connectivity index (χ0v) is 20.4. The number of aliphatic hydroxyl groups is 1. The summed E-state index contributed by atoms with van der Waals surface area (Å²) in [6, 6.07) is 7.31. The fourth-order valence-electron chi connectivity index (χ4n) is 4.55. The Morgan fingerprint density at radius 3 is 2.34 bits per heavy atom. The van der Waals surface area contributed by atoms with Gasteiger partial charge in [0.15, 0.2) is 11.6 Å². The molecule has 0 unspecified atom stereocenters. The Morgan fingerprint density at radius 1 is 1.03 bits per heavy atom. The number of nitrogens with one attached hydrogen (secondary N) is 2. The lowest BCUT2D eigenvalue weighted by Gasteiger charge is -2.31. The van der Waals surface area contributed by atoms with Crippen LogP contribution >= 0.6 is 11.3 Å². The van der Waals surface area contributed by atoms with Crippen LogP contribution in [0.2, 0.25) is 0 Å². The first-order valence-electron chi connectivity index (χ1n) is 11.6. The smallest absolute Gasteiger partial charge is 0.323 e. The predicted molar refractivity (Wildman–Crippen MR) is 132 cm³/mol. The number of urea groups is 1. The van der Waals surface area contributed by atoms with Crippen LogP contribution in [0.25, 0.3) is 10.4 Å². The van der Waals surface area contributed by atoms with Crippen molar-refractivity contribution in [1.82, 2.24) is 4.98 Å². The zero-order chi connectivity index (χ0) is 25.2. The van der Waals surface area contributed by atoms with Crippen molar-refractivity contribution in [1.29, 1.82) is 0 Å². The molecule has 1 saturated carbocycles. The number of amides is 2. The van der Waals surface area contributed by atoms with Gasteiger partial charge in [0.2, 0.25) is 0 Å². The second-order valence-electron chi connectivity index (χ2n) is 9.70. The van der Waals surface area contributed by atoms with E-state index >= 15 is 0 Å². The van der Waals surface area contributed by atoms with Crippen LogP contribution in [0.3, 0.4) is 0 Å². The number of carbonyl (C=O) groups is 1. The van der Waals surface area contributed by atoms with E-state index in [4.69, 9.17) is 0 Å². The maximum atomic E-state index is 13.7. The van der Waals surface area contributed by atoms with Crippen molar-refractivity contribution < 1.29 is 23.1 Å². The van der Waals surface area contributed by atoms with Crippen LogP contribution in [0.1, 0.15) is 56.9 Å². The Labute approximate surface area is 206 Å². The van der Waals surface area contributed by atoms with E-state index in [2.05, 4.69) is 15.6 Å². The second-order valence-corrected chi connectivity index (χ2v) is 10.8. The summed E-state index contributed by atoms with van der Waals surface area (Å²) in [4.78, 5) is 17.8. The van der Waals surface area contributed by atoms with Crippen molar-refractivity contribution >= 4 is 28.7 Å². The Bertz CT molecular complexity index is 1180. The largest absolute Gasteiger partial charge is 0.390 e. The number of benzene rings is 2. The summed E-state index contributed by atoms with van der Waals surface area (Å²) >= 11 is 1.66. The van der Waals surface area contributed by atoms with Gasteiger partial charge in [-0.1, -0.05) is 12.1 Å². The Hall–Kier alpha value is -2.91. The van der Waals surface area contributed by atoms with E-state index in [-0.39, 0.29) is 0 Å². The van der Waals surface area contributed by atoms with E-state index in [0.29, 0.717) is 29.7 Å². The number of halogens is 3. The van der Waals surface area contributed by atoms with E-state index in [9.17, 15) is 23.1 Å². The molecule has 4 rings (SSSR count). The molecule has 1 heterocycles. The van der Waals surface area contributed by atoms with Gasteiger partial charge < -0.3 is 15.7 Å². The van der Waals surface area contributed by atoms with Crippen molar-refractivity contribution in [2.75, 3.05) is 10.6 Å². The highest BCUT2D eigenvalue weighted by molar-refractivity contribution is 7.15. The van der Waals surface area contributed by atoms with Gasteiger partial charge >= 0.3 is 6.03 Å². The quantitative estimate of drug-likeness (QED) is 0.309. The summed E-state index contributed by atoms with van der Waals surface area (Å²) in [6.07, 6.45) is 7.04. The highest BCUT2D eigenvalue weighted by atomic mass is 32.1. The van der Waals surface area contributed by atoms with Gasteiger partial charge in [0.1, 0.15) is 5.82 Å². The summed E-state index contributed by atoms with van der Waals surface area (Å²) in [5.41, 5.74) is 0.346. The van der Waals surface area contributed by atoms with Crippen LogP contribution in [0.5, 0.6) is 0 Å². The number of thiazole rings is 1. The third-order valence-electron chi connectivity index (χ3n) is 6.19. The Morgan fingerprint density at radius 2 is 1.69 bits per heavy atom. The lowest BCUT2D eigenvalue weighted by molar-refractivity contribution is 0.0445. The van der Waals surface area contributed by atoms with Crippen molar-refractivity contribution in [3.63, 3.8) is 0 Å². The van der Waals surface area contributed by atoms with Crippen molar-refractivity contribution in [3.8, 4) is 10.4 Å². The normalized spacial score (nSPS) is 18.3. The number of aromatic nitrogens is 1. The first kappa shape index (κ1) is 25.2. The number of nitrogens with zero attached hydrogens (tertiary/aromatic N) is 1. The minimum atomic E-state index is -1.33. The van der Waals surface area contributed by atoms with Gasteiger partial charge in [0.05, 0.1) is 21.2 Å². The van der Waals surface area contributed by atoms with Crippen LogP contribution in [0, 0.1) is 23.4 Å². The molecule has 0 saturated heterocycles. The summed E-state index contributed by atoms with van der Waals surface area (Å²) in [5.74, 6) is -2.65. The molecule has 2 amide bonds. The lowest BCUT2D eigenvalue weighted by Crippen LogP contribution is -2.25. The van der Waals surface area contributed by atoms with Crippen molar-refractivity contribution in [3.05, 3.63) is 65.1 Å². The maximum absolute atomic E-state index is 13.7. The van der Waals surface area contributed by atoms with Crippen LogP contribution in [0.4, 0.5) is 29.3 Å². The molecule has 1 aromatic heterocycles. The molecular weight excluding hydrogens is 475 g/mol. The topological polar surface area (TPSA) is 74.2 Å². The molecule has 0 bridgehead atoms. The van der Waals surface area contributed by atoms with Crippen LogP contribution in [-0.4, -0.2) is 21.7 Å². The SMILES string of the molecule is CC(C)(O)CC1CCC(c2ncc(-c3ccc(NC(=O)Nc4cc(F)c(F)cc4F)cc3)s2)CC1. The third-order valence-corrected chi connectivity index (χ3v) is 7.40. The first-order chi connectivity index (χ1) is 16.6. The van der Waals surface area contributed by atoms with E-state index in [0.717, 1.165) is 47.6 Å². The van der Waals surface area contributed by atoms with Crippen molar-refractivity contribution in [2.24, 2.45) is 5.92 Å². The van der Waals surface area contributed by atoms with Gasteiger partial charge in [-0.2, -0.15) is 0 Å². The molecule has 9 heteroatoms. The number of rotatable bonds is 6. The second kappa shape index (κ2) is 10.4. The summed E-state index contributed by atoms with van der Waals surface area (Å²) in [7, 11) is 0. The number of hydrogen-bond donors (Lipinski definition) is 3. The molecule has 1 fully saturated rings. The fraction of sp³-hybridized carbons (Fsp3) is 0.385. The van der Waals surface area contributed by atoms with E-state index < -0.39 is 34.8 Å². The number of anilines is 2. The molecular formula is C26H28F3N3O2S. The highest BCUT2D eigenvalue weighted by Gasteiger charge is 2.28. The van der Waals surface area contributed by atoms with E-state index in [1.54, 1.807) is 23.5 Å². The number of hydrogen-bond acceptors (Lipinski definition) is 4. The monoisotopic (exact) mass is 503 g/mol. The molecule has 1 aliphatic carbocycles. The molecule has 5 nitrogen and oxygen atoms in total. The Kier molecular flexibility index (Phi) is 7.47. The zero-order valence-electron chi connectivity index (χ0n) is 19.6. The lowest BCUT2D eigenvalue weighted by atomic mass is 9.78. The van der Waals surface area contributed by atoms with Gasteiger partial charge in [-0.3, -0.25) is 0 Å². The van der Waals surface area contributed by atoms with Crippen LogP contribution < -0.4 is 10.6 Å². The maximum Gasteiger partial charge on any atom is 0.323 e. The van der Waals surface area contributed by atoms with Gasteiger partial charge in [0.25, 0.3) is 0 Å². The minimum Gasteiger partial charge on any atom is -0.390 e. The van der Waals surface area contributed by atoms with Crippen LogP contribution in [0.15, 0.2) is 42.6 Å². The molecule has 3 N–H and O–H groups in total. The Balaban J connectivity index is 1.33. The van der Waals surface area contributed by atoms with Gasteiger partial charge in [0, 0.05) is 29.9 Å². The predicted octanol–water partition coefficient (Wildman–Crippen LogP) is 7.31. The number of carbonyl (C=O) groups excluding carboxylic acids is 1. The van der Waals surface area contributed by atoms with E-state index in [1.165, 1.54) is 0 Å².